The summed E-state index contributed by atoms with van der Waals surface area (Å²) in [5, 5.41) is 4.02. The maximum atomic E-state index is 5.92. The number of nitrogens with two attached hydrogens (primary N) is 1. The zero-order chi connectivity index (χ0) is 15.1. The molecule has 0 saturated heterocycles. The number of rotatable bonds is 2. The van der Waals surface area contributed by atoms with Gasteiger partial charge in [-0.3, -0.25) is 0 Å². The lowest BCUT2D eigenvalue weighted by molar-refractivity contribution is 1.14. The standard InChI is InChI=1S/C17H13ClN4/c18-11-5-7-12(8-6-11)20-16-14-9-10-3-1-2-4-13(10)15(14)21-17(19)22-16/h1-8H,9H2,(H3,19,20,21,22). The van der Waals surface area contributed by atoms with E-state index in [-0.39, 0.29) is 5.95 Å². The maximum Gasteiger partial charge on any atom is 0.222 e. The monoisotopic (exact) mass is 308 g/mol. The minimum Gasteiger partial charge on any atom is -0.368 e. The molecule has 1 aliphatic rings. The second kappa shape index (κ2) is 5.00. The molecule has 3 N–H and O–H groups in total. The lowest BCUT2D eigenvalue weighted by Crippen LogP contribution is -2.04. The van der Waals surface area contributed by atoms with Crippen LogP contribution >= 0.6 is 11.6 Å². The van der Waals surface area contributed by atoms with Crippen LogP contribution in [0.5, 0.6) is 0 Å². The molecule has 0 amide bonds. The highest BCUT2D eigenvalue weighted by Crippen LogP contribution is 2.39. The summed E-state index contributed by atoms with van der Waals surface area (Å²) in [5.41, 5.74) is 11.2. The van der Waals surface area contributed by atoms with E-state index in [1.54, 1.807) is 0 Å². The van der Waals surface area contributed by atoms with Gasteiger partial charge in [0, 0.05) is 28.3 Å². The fourth-order valence-electron chi connectivity index (χ4n) is 2.76. The molecule has 108 valence electrons. The number of benzene rings is 2. The maximum absolute atomic E-state index is 5.92. The van der Waals surface area contributed by atoms with Crippen molar-refractivity contribution in [2.45, 2.75) is 6.42 Å². The van der Waals surface area contributed by atoms with Gasteiger partial charge in [0.25, 0.3) is 0 Å². The van der Waals surface area contributed by atoms with Crippen LogP contribution in [0.2, 0.25) is 5.02 Å². The molecule has 0 spiro atoms. The first-order chi connectivity index (χ1) is 10.7. The van der Waals surface area contributed by atoms with Crippen LogP contribution in [0.25, 0.3) is 11.3 Å². The minimum absolute atomic E-state index is 0.270. The van der Waals surface area contributed by atoms with Crippen LogP contribution in [0, 0.1) is 0 Å². The number of nitrogens with zero attached hydrogens (tertiary/aromatic N) is 2. The average Bonchev–Trinajstić information content (AvgIpc) is 2.89. The number of halogens is 1. The van der Waals surface area contributed by atoms with Gasteiger partial charge in [0.1, 0.15) is 5.82 Å². The van der Waals surface area contributed by atoms with Crippen LogP contribution in [0.3, 0.4) is 0 Å². The molecule has 0 radical (unpaired) electrons. The summed E-state index contributed by atoms with van der Waals surface area (Å²) in [6, 6.07) is 15.7. The van der Waals surface area contributed by atoms with Crippen molar-refractivity contribution < 1.29 is 0 Å². The molecule has 2 aromatic carbocycles. The fraction of sp³-hybridized carbons (Fsp3) is 0.0588. The van der Waals surface area contributed by atoms with Crippen molar-refractivity contribution in [3.8, 4) is 11.3 Å². The third-order valence-corrected chi connectivity index (χ3v) is 4.02. The average molecular weight is 309 g/mol. The summed E-state index contributed by atoms with van der Waals surface area (Å²) >= 11 is 5.92. The predicted molar refractivity (Wildman–Crippen MR) is 89.4 cm³/mol. The van der Waals surface area contributed by atoms with E-state index >= 15 is 0 Å². The van der Waals surface area contributed by atoms with E-state index in [0.29, 0.717) is 5.02 Å². The number of hydrogen-bond acceptors (Lipinski definition) is 4. The largest absolute Gasteiger partial charge is 0.368 e. The third-order valence-electron chi connectivity index (χ3n) is 3.77. The van der Waals surface area contributed by atoms with Crippen molar-refractivity contribution in [2.75, 3.05) is 11.1 Å². The number of nitrogen functional groups attached to an aromatic ring is 1. The van der Waals surface area contributed by atoms with E-state index < -0.39 is 0 Å². The van der Waals surface area contributed by atoms with Crippen LogP contribution in [-0.2, 0) is 6.42 Å². The molecule has 0 fully saturated rings. The van der Waals surface area contributed by atoms with Crippen LogP contribution in [0.4, 0.5) is 17.5 Å². The molecular formula is C17H13ClN4. The summed E-state index contributed by atoms with van der Waals surface area (Å²) in [7, 11) is 0. The van der Waals surface area contributed by atoms with E-state index in [1.807, 2.05) is 36.4 Å². The SMILES string of the molecule is Nc1nc(Nc2ccc(Cl)cc2)c2c(n1)-c1ccccc1C2. The predicted octanol–water partition coefficient (Wildman–Crippen LogP) is 4.03. The van der Waals surface area contributed by atoms with Crippen molar-refractivity contribution in [3.63, 3.8) is 0 Å². The van der Waals surface area contributed by atoms with E-state index in [4.69, 9.17) is 17.3 Å². The Kier molecular flexibility index (Phi) is 2.98. The Morgan fingerprint density at radius 1 is 1.00 bits per heavy atom. The van der Waals surface area contributed by atoms with Crippen molar-refractivity contribution >= 4 is 29.1 Å². The molecule has 3 aromatic rings. The van der Waals surface area contributed by atoms with Gasteiger partial charge in [-0.05, 0) is 29.8 Å². The van der Waals surface area contributed by atoms with Crippen LogP contribution in [0.15, 0.2) is 48.5 Å². The highest BCUT2D eigenvalue weighted by molar-refractivity contribution is 6.30. The van der Waals surface area contributed by atoms with E-state index in [0.717, 1.165) is 34.7 Å². The van der Waals surface area contributed by atoms with Crippen molar-refractivity contribution in [1.29, 1.82) is 0 Å². The van der Waals surface area contributed by atoms with Gasteiger partial charge in [-0.25, -0.2) is 4.98 Å². The molecule has 1 heterocycles. The van der Waals surface area contributed by atoms with Gasteiger partial charge in [-0.15, -0.1) is 0 Å². The summed E-state index contributed by atoms with van der Waals surface area (Å²) in [6.45, 7) is 0. The van der Waals surface area contributed by atoms with E-state index in [1.165, 1.54) is 5.56 Å². The number of nitrogens with one attached hydrogen (secondary N) is 1. The van der Waals surface area contributed by atoms with Crippen molar-refractivity contribution in [3.05, 3.63) is 64.7 Å². The molecule has 0 bridgehead atoms. The third kappa shape index (κ3) is 2.18. The molecule has 0 atom stereocenters. The highest BCUT2D eigenvalue weighted by Gasteiger charge is 2.24. The van der Waals surface area contributed by atoms with Crippen LogP contribution < -0.4 is 11.1 Å². The summed E-state index contributed by atoms with van der Waals surface area (Å²) in [6.07, 6.45) is 0.807. The van der Waals surface area contributed by atoms with E-state index in [9.17, 15) is 0 Å². The highest BCUT2D eigenvalue weighted by atomic mass is 35.5. The molecule has 22 heavy (non-hydrogen) atoms. The lowest BCUT2D eigenvalue weighted by atomic mass is 10.1. The Morgan fingerprint density at radius 3 is 2.59 bits per heavy atom. The van der Waals surface area contributed by atoms with Crippen LogP contribution in [0.1, 0.15) is 11.1 Å². The molecule has 0 aliphatic heterocycles. The van der Waals surface area contributed by atoms with Gasteiger partial charge in [0.2, 0.25) is 5.95 Å². The molecular weight excluding hydrogens is 296 g/mol. The second-order valence-corrected chi connectivity index (χ2v) is 5.66. The summed E-state index contributed by atoms with van der Waals surface area (Å²) in [4.78, 5) is 8.79. The number of fused-ring (bicyclic) bond motifs is 3. The molecule has 1 aliphatic carbocycles. The second-order valence-electron chi connectivity index (χ2n) is 5.22. The van der Waals surface area contributed by atoms with Crippen molar-refractivity contribution in [2.24, 2.45) is 0 Å². The van der Waals surface area contributed by atoms with Gasteiger partial charge in [0.05, 0.1) is 5.69 Å². The van der Waals surface area contributed by atoms with Gasteiger partial charge < -0.3 is 11.1 Å². The Balaban J connectivity index is 1.79. The van der Waals surface area contributed by atoms with E-state index in [2.05, 4.69) is 27.4 Å². The zero-order valence-electron chi connectivity index (χ0n) is 11.7. The molecule has 5 heteroatoms. The number of hydrogen-bond donors (Lipinski definition) is 2. The number of anilines is 3. The smallest absolute Gasteiger partial charge is 0.222 e. The van der Waals surface area contributed by atoms with Gasteiger partial charge in [-0.1, -0.05) is 35.9 Å². The lowest BCUT2D eigenvalue weighted by Gasteiger charge is -2.11. The molecule has 4 rings (SSSR count). The quantitative estimate of drug-likeness (QED) is 0.587. The Bertz CT molecular complexity index is 859. The summed E-state index contributed by atoms with van der Waals surface area (Å²) in [5.74, 6) is 1.02. The normalized spacial score (nSPS) is 11.9. The first kappa shape index (κ1) is 13.1. The molecule has 1 aromatic heterocycles. The molecule has 0 saturated carbocycles. The summed E-state index contributed by atoms with van der Waals surface area (Å²) < 4.78 is 0. The Morgan fingerprint density at radius 2 is 1.77 bits per heavy atom. The first-order valence-corrected chi connectivity index (χ1v) is 7.36. The van der Waals surface area contributed by atoms with Gasteiger partial charge in [-0.2, -0.15) is 4.98 Å². The topological polar surface area (TPSA) is 63.8 Å². The van der Waals surface area contributed by atoms with Gasteiger partial charge in [0.15, 0.2) is 0 Å². The fourth-order valence-corrected chi connectivity index (χ4v) is 2.89. The van der Waals surface area contributed by atoms with Crippen LogP contribution in [-0.4, -0.2) is 9.97 Å². The van der Waals surface area contributed by atoms with Crippen molar-refractivity contribution in [1.82, 2.24) is 9.97 Å². The zero-order valence-corrected chi connectivity index (χ0v) is 12.4. The molecule has 0 unspecified atom stereocenters. The minimum atomic E-state index is 0.270. The molecule has 4 nitrogen and oxygen atoms in total. The Labute approximate surface area is 133 Å². The first-order valence-electron chi connectivity index (χ1n) is 6.98. The Hall–Kier alpha value is -2.59. The number of aromatic nitrogens is 2. The van der Waals surface area contributed by atoms with Gasteiger partial charge >= 0.3 is 0 Å².